The van der Waals surface area contributed by atoms with Gasteiger partial charge in [0.05, 0.1) is 12.3 Å². The summed E-state index contributed by atoms with van der Waals surface area (Å²) in [6.07, 6.45) is 7.05. The van der Waals surface area contributed by atoms with E-state index >= 15 is 0 Å². The molecule has 4 nitrogen and oxygen atoms in total. The normalized spacial score (nSPS) is 15.3. The van der Waals surface area contributed by atoms with Gasteiger partial charge in [0.1, 0.15) is 5.75 Å². The minimum atomic E-state index is 0.789. The first-order valence-corrected chi connectivity index (χ1v) is 9.83. The molecule has 4 heteroatoms. The number of nitrogens with zero attached hydrogens (tertiary/aromatic N) is 3. The van der Waals surface area contributed by atoms with E-state index in [2.05, 4.69) is 52.2 Å². The van der Waals surface area contributed by atoms with Crippen LogP contribution in [0.2, 0.25) is 0 Å². The van der Waals surface area contributed by atoms with Crippen molar-refractivity contribution in [2.45, 2.75) is 38.8 Å². The molecule has 140 valence electrons. The molecule has 2 aromatic rings. The van der Waals surface area contributed by atoms with E-state index in [1.54, 1.807) is 0 Å². The zero-order valence-corrected chi connectivity index (χ0v) is 15.9. The fraction of sp³-hybridized carbons (Fsp3) is 0.500. The van der Waals surface area contributed by atoms with Gasteiger partial charge in [-0.3, -0.25) is 9.88 Å². The lowest BCUT2D eigenvalue weighted by Crippen LogP contribution is -2.31. The second-order valence-electron chi connectivity index (χ2n) is 7.21. The molecule has 0 N–H and O–H groups in total. The van der Waals surface area contributed by atoms with Gasteiger partial charge in [0.15, 0.2) is 0 Å². The lowest BCUT2D eigenvalue weighted by atomic mass is 10.1. The van der Waals surface area contributed by atoms with E-state index < -0.39 is 0 Å². The SMILES string of the molecule is CN(Cc1ccccn1)Cc1ccccc1OCCCN1CCCCC1. The lowest BCUT2D eigenvalue weighted by Gasteiger charge is -2.26. The van der Waals surface area contributed by atoms with Crippen LogP contribution < -0.4 is 4.74 Å². The molecule has 26 heavy (non-hydrogen) atoms. The summed E-state index contributed by atoms with van der Waals surface area (Å²) in [5.74, 6) is 1.01. The molecular weight excluding hydrogens is 322 g/mol. The highest BCUT2D eigenvalue weighted by Gasteiger charge is 2.10. The Morgan fingerprint density at radius 2 is 1.81 bits per heavy atom. The van der Waals surface area contributed by atoms with Crippen molar-refractivity contribution in [3.05, 3.63) is 59.9 Å². The summed E-state index contributed by atoms with van der Waals surface area (Å²) in [6.45, 7) is 6.16. The highest BCUT2D eigenvalue weighted by atomic mass is 16.5. The Kier molecular flexibility index (Phi) is 7.47. The average Bonchev–Trinajstić information content (AvgIpc) is 2.68. The molecule has 1 aliphatic heterocycles. The van der Waals surface area contributed by atoms with Crippen LogP contribution in [0.25, 0.3) is 0 Å². The quantitative estimate of drug-likeness (QED) is 0.638. The molecule has 0 unspecified atom stereocenters. The van der Waals surface area contributed by atoms with Crippen LogP contribution in [0.1, 0.15) is 36.9 Å². The molecule has 0 bridgehead atoms. The predicted molar refractivity (Wildman–Crippen MR) is 106 cm³/mol. The third-order valence-corrected chi connectivity index (χ3v) is 4.90. The van der Waals surface area contributed by atoms with Crippen LogP contribution in [0.15, 0.2) is 48.7 Å². The summed E-state index contributed by atoms with van der Waals surface area (Å²) >= 11 is 0. The number of rotatable bonds is 9. The van der Waals surface area contributed by atoms with Gasteiger partial charge in [-0.1, -0.05) is 30.7 Å². The van der Waals surface area contributed by atoms with Gasteiger partial charge in [-0.2, -0.15) is 0 Å². The Hall–Kier alpha value is -1.91. The van der Waals surface area contributed by atoms with Crippen LogP contribution in [0, 0.1) is 0 Å². The molecule has 2 heterocycles. The van der Waals surface area contributed by atoms with Crippen LogP contribution in [0.3, 0.4) is 0 Å². The molecular formula is C22H31N3O. The van der Waals surface area contributed by atoms with Gasteiger partial charge < -0.3 is 9.64 Å². The summed E-state index contributed by atoms with van der Waals surface area (Å²) in [7, 11) is 2.13. The third-order valence-electron chi connectivity index (χ3n) is 4.90. The molecule has 0 aliphatic carbocycles. The number of hydrogen-bond acceptors (Lipinski definition) is 4. The minimum absolute atomic E-state index is 0.789. The molecule has 0 atom stereocenters. The molecule has 1 aromatic heterocycles. The lowest BCUT2D eigenvalue weighted by molar-refractivity contribution is 0.203. The molecule has 0 amide bonds. The molecule has 1 saturated heterocycles. The summed E-state index contributed by atoms with van der Waals surface area (Å²) < 4.78 is 6.11. The van der Waals surface area contributed by atoms with Gasteiger partial charge in [0.25, 0.3) is 0 Å². The van der Waals surface area contributed by atoms with Gasteiger partial charge in [-0.05, 0) is 57.6 Å². The van der Waals surface area contributed by atoms with Gasteiger partial charge in [-0.15, -0.1) is 0 Å². The fourth-order valence-electron chi connectivity index (χ4n) is 3.54. The molecule has 1 fully saturated rings. The van der Waals surface area contributed by atoms with Crippen LogP contribution in [0.4, 0.5) is 0 Å². The number of pyridine rings is 1. The monoisotopic (exact) mass is 353 g/mol. The van der Waals surface area contributed by atoms with Crippen molar-refractivity contribution in [3.63, 3.8) is 0 Å². The number of piperidine rings is 1. The van der Waals surface area contributed by atoms with Crippen LogP contribution in [-0.2, 0) is 13.1 Å². The van der Waals surface area contributed by atoms with E-state index in [-0.39, 0.29) is 0 Å². The Bertz CT molecular complexity index is 641. The van der Waals surface area contributed by atoms with Crippen LogP contribution in [-0.4, -0.2) is 48.1 Å². The molecule has 3 rings (SSSR count). The number of ether oxygens (including phenoxy) is 1. The predicted octanol–water partition coefficient (Wildman–Crippen LogP) is 3.97. The van der Waals surface area contributed by atoms with Crippen LogP contribution in [0.5, 0.6) is 5.75 Å². The second kappa shape index (κ2) is 10.3. The van der Waals surface area contributed by atoms with Crippen molar-refractivity contribution < 1.29 is 4.74 Å². The highest BCUT2D eigenvalue weighted by Crippen LogP contribution is 2.20. The first-order chi connectivity index (χ1) is 12.8. The van der Waals surface area contributed by atoms with Crippen molar-refractivity contribution in [2.75, 3.05) is 33.3 Å². The maximum absolute atomic E-state index is 6.11. The number of benzene rings is 1. The smallest absolute Gasteiger partial charge is 0.123 e. The maximum atomic E-state index is 6.11. The summed E-state index contributed by atoms with van der Waals surface area (Å²) in [4.78, 5) is 9.26. The first-order valence-electron chi connectivity index (χ1n) is 9.83. The Balaban J connectivity index is 1.46. The molecule has 1 aliphatic rings. The van der Waals surface area contributed by atoms with Crippen LogP contribution >= 0.6 is 0 Å². The molecule has 0 saturated carbocycles. The molecule has 0 spiro atoms. The molecule has 1 aromatic carbocycles. The standard InChI is InChI=1S/C22H31N3O/c1-24(19-21-11-5-6-13-23-21)18-20-10-3-4-12-22(20)26-17-9-16-25-14-7-2-8-15-25/h3-6,10-13H,2,7-9,14-19H2,1H3. The Morgan fingerprint density at radius 3 is 2.62 bits per heavy atom. The van der Waals surface area contributed by atoms with E-state index in [0.717, 1.165) is 44.1 Å². The summed E-state index contributed by atoms with van der Waals surface area (Å²) in [5.41, 5.74) is 2.33. The fourth-order valence-corrected chi connectivity index (χ4v) is 3.54. The highest BCUT2D eigenvalue weighted by molar-refractivity contribution is 5.33. The van der Waals surface area contributed by atoms with Crippen molar-refractivity contribution in [2.24, 2.45) is 0 Å². The largest absolute Gasteiger partial charge is 0.493 e. The zero-order chi connectivity index (χ0) is 18.0. The number of para-hydroxylation sites is 1. The second-order valence-corrected chi connectivity index (χ2v) is 7.21. The van der Waals surface area contributed by atoms with E-state index in [1.165, 1.54) is 37.9 Å². The van der Waals surface area contributed by atoms with Crippen molar-refractivity contribution in [1.29, 1.82) is 0 Å². The zero-order valence-electron chi connectivity index (χ0n) is 15.9. The van der Waals surface area contributed by atoms with Gasteiger partial charge in [-0.25, -0.2) is 0 Å². The van der Waals surface area contributed by atoms with E-state index in [1.807, 2.05) is 18.3 Å². The third kappa shape index (κ3) is 6.11. The van der Waals surface area contributed by atoms with Crippen molar-refractivity contribution in [1.82, 2.24) is 14.8 Å². The summed E-state index contributed by atoms with van der Waals surface area (Å²) in [6, 6.07) is 14.5. The summed E-state index contributed by atoms with van der Waals surface area (Å²) in [5, 5.41) is 0. The van der Waals surface area contributed by atoms with Gasteiger partial charge in [0.2, 0.25) is 0 Å². The molecule has 0 radical (unpaired) electrons. The Morgan fingerprint density at radius 1 is 1.00 bits per heavy atom. The van der Waals surface area contributed by atoms with Crippen molar-refractivity contribution in [3.8, 4) is 5.75 Å². The number of hydrogen-bond donors (Lipinski definition) is 0. The Labute approximate surface area is 157 Å². The average molecular weight is 354 g/mol. The van der Waals surface area contributed by atoms with Gasteiger partial charge >= 0.3 is 0 Å². The van der Waals surface area contributed by atoms with E-state index in [9.17, 15) is 0 Å². The maximum Gasteiger partial charge on any atom is 0.123 e. The topological polar surface area (TPSA) is 28.6 Å². The first kappa shape index (κ1) is 18.9. The minimum Gasteiger partial charge on any atom is -0.493 e. The number of likely N-dealkylation sites (tertiary alicyclic amines) is 1. The number of aromatic nitrogens is 1. The van der Waals surface area contributed by atoms with Crippen molar-refractivity contribution >= 4 is 0 Å². The van der Waals surface area contributed by atoms with E-state index in [4.69, 9.17) is 4.74 Å². The van der Waals surface area contributed by atoms with E-state index in [0.29, 0.717) is 0 Å². The van der Waals surface area contributed by atoms with Gasteiger partial charge in [0, 0.05) is 31.4 Å².